The van der Waals surface area contributed by atoms with Crippen LogP contribution in [0, 0.1) is 12.8 Å². The fourth-order valence-electron chi connectivity index (χ4n) is 2.30. The van der Waals surface area contributed by atoms with Crippen molar-refractivity contribution in [2.24, 2.45) is 5.92 Å². The van der Waals surface area contributed by atoms with Crippen molar-refractivity contribution < 1.29 is 0 Å². The number of likely N-dealkylation sites (N-methyl/N-ethyl adjacent to an activating group) is 1. The second-order valence-corrected chi connectivity index (χ2v) is 6.04. The van der Waals surface area contributed by atoms with Gasteiger partial charge in [-0.1, -0.05) is 22.6 Å². The Bertz CT molecular complexity index is 310. The molecule has 0 amide bonds. The highest BCUT2D eigenvalue weighted by Gasteiger charge is 2.32. The van der Waals surface area contributed by atoms with E-state index in [4.69, 9.17) is 0 Å². The Balaban J connectivity index is 2.21. The molecule has 14 heavy (non-hydrogen) atoms. The van der Waals surface area contributed by atoms with Gasteiger partial charge in [0.25, 0.3) is 0 Å². The van der Waals surface area contributed by atoms with Gasteiger partial charge >= 0.3 is 0 Å². The van der Waals surface area contributed by atoms with Gasteiger partial charge in [0, 0.05) is 28.3 Å². The molecular weight excluding hydrogens is 305 g/mol. The maximum Gasteiger partial charge on any atom is 0.0122 e. The summed E-state index contributed by atoms with van der Waals surface area (Å²) in [7, 11) is 2.24. The molecule has 0 radical (unpaired) electrons. The fraction of sp³-hybridized carbons (Fsp3) is 0.636. The van der Waals surface area contributed by atoms with Gasteiger partial charge in [0.15, 0.2) is 0 Å². The highest BCUT2D eigenvalue weighted by molar-refractivity contribution is 14.1. The molecule has 2 atom stereocenters. The first kappa shape index (κ1) is 10.9. The second-order valence-electron chi connectivity index (χ2n) is 4.21. The normalized spacial score (nSPS) is 28.5. The zero-order valence-electron chi connectivity index (χ0n) is 8.66. The van der Waals surface area contributed by atoms with Gasteiger partial charge in [-0.3, -0.25) is 0 Å². The summed E-state index contributed by atoms with van der Waals surface area (Å²) in [5.41, 5.74) is 1.49. The summed E-state index contributed by atoms with van der Waals surface area (Å²) in [4.78, 5) is 4.09. The molecule has 3 heteroatoms. The third kappa shape index (κ3) is 1.99. The smallest absolute Gasteiger partial charge is 0.0122 e. The van der Waals surface area contributed by atoms with Crippen LogP contribution in [0.3, 0.4) is 0 Å². The summed E-state index contributed by atoms with van der Waals surface area (Å²) >= 11 is 4.47. The summed E-state index contributed by atoms with van der Waals surface area (Å²) in [5, 5.41) is 2.23. The zero-order valence-corrected chi connectivity index (χ0v) is 11.6. The van der Waals surface area contributed by atoms with Gasteiger partial charge in [0.05, 0.1) is 0 Å². The van der Waals surface area contributed by atoms with Crippen molar-refractivity contribution >= 4 is 33.9 Å². The molecule has 0 spiro atoms. The van der Waals surface area contributed by atoms with Crippen LogP contribution < -0.4 is 0 Å². The van der Waals surface area contributed by atoms with Crippen LogP contribution in [0.15, 0.2) is 11.4 Å². The average molecular weight is 321 g/mol. The molecule has 2 unspecified atom stereocenters. The van der Waals surface area contributed by atoms with E-state index in [-0.39, 0.29) is 0 Å². The third-order valence-corrected chi connectivity index (χ3v) is 5.34. The number of nitrogens with zero attached hydrogens (tertiary/aromatic N) is 1. The van der Waals surface area contributed by atoms with Crippen LogP contribution in [0.5, 0.6) is 0 Å². The number of rotatable bonds is 2. The van der Waals surface area contributed by atoms with E-state index in [1.807, 2.05) is 11.3 Å². The first-order chi connectivity index (χ1) is 6.72. The van der Waals surface area contributed by atoms with Crippen molar-refractivity contribution in [1.82, 2.24) is 4.90 Å². The highest BCUT2D eigenvalue weighted by atomic mass is 127. The van der Waals surface area contributed by atoms with Crippen molar-refractivity contribution in [3.63, 3.8) is 0 Å². The van der Waals surface area contributed by atoms with Crippen LogP contribution in [-0.4, -0.2) is 29.5 Å². The Kier molecular flexibility index (Phi) is 3.50. The Morgan fingerprint density at radius 1 is 1.57 bits per heavy atom. The average Bonchev–Trinajstić information content (AvgIpc) is 2.71. The lowest BCUT2D eigenvalue weighted by Crippen LogP contribution is -2.14. The van der Waals surface area contributed by atoms with Gasteiger partial charge in [-0.05, 0) is 36.9 Å². The zero-order chi connectivity index (χ0) is 10.1. The summed E-state index contributed by atoms with van der Waals surface area (Å²) in [6.07, 6.45) is 0. The lowest BCUT2D eigenvalue weighted by molar-refractivity contribution is 0.402. The topological polar surface area (TPSA) is 3.24 Å². The van der Waals surface area contributed by atoms with E-state index in [1.54, 1.807) is 4.88 Å². The summed E-state index contributed by atoms with van der Waals surface area (Å²) in [5.74, 6) is 1.65. The number of hydrogen-bond acceptors (Lipinski definition) is 2. The summed E-state index contributed by atoms with van der Waals surface area (Å²) in [6.45, 7) is 4.76. The molecule has 78 valence electrons. The lowest BCUT2D eigenvalue weighted by Gasteiger charge is -2.15. The predicted molar refractivity (Wildman–Crippen MR) is 71.7 cm³/mol. The third-order valence-electron chi connectivity index (χ3n) is 3.06. The standard InChI is InChI=1S/C11H16INS/c1-8-3-4-14-11(8)10-7-13(2)6-9(10)5-12/h3-4,9-10H,5-7H2,1-2H3. The number of aryl methyl sites for hydroxylation is 1. The maximum atomic E-state index is 2.53. The highest BCUT2D eigenvalue weighted by Crippen LogP contribution is 2.37. The van der Waals surface area contributed by atoms with Gasteiger partial charge in [-0.2, -0.15) is 0 Å². The first-order valence-corrected chi connectivity index (χ1v) is 7.41. The van der Waals surface area contributed by atoms with Crippen LogP contribution >= 0.6 is 33.9 Å². The van der Waals surface area contributed by atoms with Crippen molar-refractivity contribution in [3.05, 3.63) is 21.9 Å². The Hall–Kier alpha value is 0.390. The minimum absolute atomic E-state index is 0.789. The van der Waals surface area contributed by atoms with E-state index in [0.29, 0.717) is 0 Å². The summed E-state index contributed by atoms with van der Waals surface area (Å²) < 4.78 is 1.28. The molecular formula is C11H16INS. The molecule has 0 saturated carbocycles. The molecule has 1 aliphatic heterocycles. The van der Waals surface area contributed by atoms with Crippen molar-refractivity contribution in [2.45, 2.75) is 12.8 Å². The van der Waals surface area contributed by atoms with Gasteiger partial charge in [0.1, 0.15) is 0 Å². The molecule has 1 aliphatic rings. The van der Waals surface area contributed by atoms with Gasteiger partial charge < -0.3 is 4.90 Å². The van der Waals surface area contributed by atoms with Gasteiger partial charge in [0.2, 0.25) is 0 Å². The van der Waals surface area contributed by atoms with E-state index < -0.39 is 0 Å². The van der Waals surface area contributed by atoms with Crippen LogP contribution in [0.4, 0.5) is 0 Å². The Morgan fingerprint density at radius 2 is 2.36 bits per heavy atom. The Labute approximate surface area is 104 Å². The van der Waals surface area contributed by atoms with E-state index in [2.05, 4.69) is 52.9 Å². The first-order valence-electron chi connectivity index (χ1n) is 5.01. The van der Waals surface area contributed by atoms with Crippen LogP contribution in [0.25, 0.3) is 0 Å². The van der Waals surface area contributed by atoms with Crippen molar-refractivity contribution in [2.75, 3.05) is 24.6 Å². The minimum atomic E-state index is 0.789. The second kappa shape index (κ2) is 4.49. The largest absolute Gasteiger partial charge is 0.305 e. The molecule has 0 aliphatic carbocycles. The van der Waals surface area contributed by atoms with Gasteiger partial charge in [-0.15, -0.1) is 11.3 Å². The molecule has 0 aromatic carbocycles. The van der Waals surface area contributed by atoms with E-state index in [9.17, 15) is 0 Å². The number of likely N-dealkylation sites (tertiary alicyclic amines) is 1. The number of hydrogen-bond donors (Lipinski definition) is 0. The molecule has 1 aromatic heterocycles. The van der Waals surface area contributed by atoms with Crippen LogP contribution in [0.2, 0.25) is 0 Å². The molecule has 2 heterocycles. The maximum absolute atomic E-state index is 2.53. The number of thiophene rings is 1. The monoisotopic (exact) mass is 321 g/mol. The number of alkyl halides is 1. The molecule has 0 N–H and O–H groups in total. The lowest BCUT2D eigenvalue weighted by atomic mass is 9.94. The predicted octanol–water partition coefficient (Wildman–Crippen LogP) is 3.14. The number of halogens is 1. The van der Waals surface area contributed by atoms with Crippen LogP contribution in [-0.2, 0) is 0 Å². The fourth-order valence-corrected chi connectivity index (χ4v) is 4.31. The van der Waals surface area contributed by atoms with Gasteiger partial charge in [-0.25, -0.2) is 0 Å². The summed E-state index contributed by atoms with van der Waals surface area (Å²) in [6, 6.07) is 2.25. The van der Waals surface area contributed by atoms with E-state index in [1.165, 1.54) is 23.1 Å². The molecule has 1 nitrogen and oxygen atoms in total. The van der Waals surface area contributed by atoms with E-state index >= 15 is 0 Å². The Morgan fingerprint density at radius 3 is 2.93 bits per heavy atom. The van der Waals surface area contributed by atoms with E-state index in [0.717, 1.165) is 11.8 Å². The molecule has 0 bridgehead atoms. The molecule has 1 aromatic rings. The van der Waals surface area contributed by atoms with Crippen LogP contribution in [0.1, 0.15) is 16.4 Å². The van der Waals surface area contributed by atoms with Crippen molar-refractivity contribution in [1.29, 1.82) is 0 Å². The SMILES string of the molecule is Cc1ccsc1C1CN(C)CC1CI. The minimum Gasteiger partial charge on any atom is -0.305 e. The molecule has 1 fully saturated rings. The van der Waals surface area contributed by atoms with Crippen molar-refractivity contribution in [3.8, 4) is 0 Å². The quantitative estimate of drug-likeness (QED) is 0.597. The molecule has 1 saturated heterocycles. The molecule has 2 rings (SSSR count).